The minimum Gasteiger partial charge on any atom is -0.383 e. The monoisotopic (exact) mass is 529 g/mol. The first-order chi connectivity index (χ1) is 16.2. The maximum absolute atomic E-state index is 14.5. The number of carbonyl (C=O) groups excluding carboxylic acids is 1. The number of nitrogens with zero attached hydrogens (tertiary/aromatic N) is 3. The molecule has 0 spiro atoms. The molecular formula is C22H22ClF2N3O4S2. The Kier molecular flexibility index (Phi) is 7.48. The van der Waals surface area contributed by atoms with Gasteiger partial charge in [-0.15, -0.1) is 0 Å². The average molecular weight is 530 g/mol. The van der Waals surface area contributed by atoms with Crippen LogP contribution in [0.5, 0.6) is 0 Å². The number of hydrogen-bond acceptors (Lipinski definition) is 5. The van der Waals surface area contributed by atoms with Crippen LogP contribution < -0.4 is 4.80 Å². The van der Waals surface area contributed by atoms with Gasteiger partial charge in [0.1, 0.15) is 5.82 Å². The van der Waals surface area contributed by atoms with E-state index in [9.17, 15) is 22.0 Å². The maximum Gasteiger partial charge on any atom is 0.252 e. The molecule has 0 radical (unpaired) electrons. The topological polar surface area (TPSA) is 81.0 Å². The Morgan fingerprint density at radius 1 is 1.26 bits per heavy atom. The van der Waals surface area contributed by atoms with Gasteiger partial charge in [-0.3, -0.25) is 4.79 Å². The van der Waals surface area contributed by atoms with Crippen LogP contribution in [0.25, 0.3) is 10.2 Å². The highest BCUT2D eigenvalue weighted by Gasteiger charge is 2.33. The van der Waals surface area contributed by atoms with E-state index in [0.29, 0.717) is 22.6 Å². The fraction of sp³-hybridized carbons (Fsp3) is 0.364. The predicted molar refractivity (Wildman–Crippen MR) is 125 cm³/mol. The molecule has 12 heteroatoms. The van der Waals surface area contributed by atoms with E-state index in [4.69, 9.17) is 16.3 Å². The summed E-state index contributed by atoms with van der Waals surface area (Å²) in [6.07, 6.45) is 0.968. The predicted octanol–water partition coefficient (Wildman–Crippen LogP) is 3.81. The van der Waals surface area contributed by atoms with Gasteiger partial charge in [0.05, 0.1) is 27.6 Å². The standard InChI is InChI=1S/C22H22ClF2N3O4S2/c1-32-10-9-28-20-18(25)11-16(24)12-19(20)33-22(28)26-21(29)14-3-2-8-27(13-14)34(30,31)17-6-4-15(23)5-7-17/h4-7,11-12,14H,2-3,8-10,13H2,1H3. The first-order valence-electron chi connectivity index (χ1n) is 10.5. The molecule has 1 saturated heterocycles. The number of halogens is 3. The van der Waals surface area contributed by atoms with Crippen LogP contribution in [0.1, 0.15) is 12.8 Å². The molecule has 4 rings (SSSR count). The van der Waals surface area contributed by atoms with E-state index in [1.165, 1.54) is 46.3 Å². The molecule has 0 N–H and O–H groups in total. The summed E-state index contributed by atoms with van der Waals surface area (Å²) in [5, 5.41) is 0.422. The van der Waals surface area contributed by atoms with Crippen LogP contribution in [-0.4, -0.2) is 50.0 Å². The second kappa shape index (κ2) is 10.2. The van der Waals surface area contributed by atoms with E-state index in [1.807, 2.05) is 0 Å². The zero-order valence-electron chi connectivity index (χ0n) is 18.2. The van der Waals surface area contributed by atoms with Gasteiger partial charge >= 0.3 is 0 Å². The second-order valence-electron chi connectivity index (χ2n) is 7.87. The van der Waals surface area contributed by atoms with Crippen molar-refractivity contribution in [1.82, 2.24) is 8.87 Å². The quantitative estimate of drug-likeness (QED) is 0.486. The van der Waals surface area contributed by atoms with E-state index in [1.54, 1.807) is 0 Å². The van der Waals surface area contributed by atoms with Crippen LogP contribution in [0.15, 0.2) is 46.3 Å². The second-order valence-corrected chi connectivity index (χ2v) is 11.3. The minimum atomic E-state index is -3.80. The summed E-state index contributed by atoms with van der Waals surface area (Å²) in [6, 6.07) is 7.83. The summed E-state index contributed by atoms with van der Waals surface area (Å²) in [7, 11) is -2.31. The van der Waals surface area contributed by atoms with Crippen LogP contribution >= 0.6 is 22.9 Å². The Morgan fingerprint density at radius 3 is 2.71 bits per heavy atom. The van der Waals surface area contributed by atoms with E-state index in [-0.39, 0.29) is 41.5 Å². The molecule has 1 atom stereocenters. The maximum atomic E-state index is 14.5. The summed E-state index contributed by atoms with van der Waals surface area (Å²) in [5.41, 5.74) is 0.144. The van der Waals surface area contributed by atoms with Crippen molar-refractivity contribution in [3.05, 3.63) is 57.9 Å². The first kappa shape index (κ1) is 24.9. The van der Waals surface area contributed by atoms with Gasteiger partial charge in [-0.2, -0.15) is 9.30 Å². The fourth-order valence-electron chi connectivity index (χ4n) is 3.91. The van der Waals surface area contributed by atoms with Crippen molar-refractivity contribution in [2.45, 2.75) is 24.3 Å². The lowest BCUT2D eigenvalue weighted by atomic mass is 9.99. The number of rotatable bonds is 6. The number of sulfonamides is 1. The smallest absolute Gasteiger partial charge is 0.252 e. The molecular weight excluding hydrogens is 508 g/mol. The number of piperidine rings is 1. The van der Waals surface area contributed by atoms with Gasteiger partial charge < -0.3 is 9.30 Å². The highest BCUT2D eigenvalue weighted by atomic mass is 35.5. The van der Waals surface area contributed by atoms with Crippen molar-refractivity contribution < 1.29 is 26.7 Å². The lowest BCUT2D eigenvalue weighted by Gasteiger charge is -2.30. The summed E-state index contributed by atoms with van der Waals surface area (Å²) in [4.78, 5) is 17.6. The summed E-state index contributed by atoms with van der Waals surface area (Å²) < 4.78 is 62.5. The molecule has 1 aliphatic heterocycles. The largest absolute Gasteiger partial charge is 0.383 e. The molecule has 7 nitrogen and oxygen atoms in total. The van der Waals surface area contributed by atoms with Crippen LogP contribution in [0.3, 0.4) is 0 Å². The summed E-state index contributed by atoms with van der Waals surface area (Å²) in [5.74, 6) is -2.64. The van der Waals surface area contributed by atoms with E-state index in [2.05, 4.69) is 4.99 Å². The van der Waals surface area contributed by atoms with Gasteiger partial charge in [0.15, 0.2) is 10.6 Å². The van der Waals surface area contributed by atoms with E-state index in [0.717, 1.165) is 17.4 Å². The molecule has 1 aliphatic rings. The molecule has 1 unspecified atom stereocenters. The lowest BCUT2D eigenvalue weighted by molar-refractivity contribution is -0.122. The summed E-state index contributed by atoms with van der Waals surface area (Å²) >= 11 is 6.86. The molecule has 2 aromatic carbocycles. The number of amides is 1. The number of hydrogen-bond donors (Lipinski definition) is 0. The number of methoxy groups -OCH3 is 1. The molecule has 182 valence electrons. The van der Waals surface area contributed by atoms with E-state index < -0.39 is 33.5 Å². The lowest BCUT2D eigenvalue weighted by Crippen LogP contribution is -2.42. The van der Waals surface area contributed by atoms with Gasteiger partial charge in [0, 0.05) is 37.8 Å². The highest BCUT2D eigenvalue weighted by molar-refractivity contribution is 7.89. The minimum absolute atomic E-state index is 0.0146. The third kappa shape index (κ3) is 5.08. The Morgan fingerprint density at radius 2 is 2.00 bits per heavy atom. The molecule has 1 aromatic heterocycles. The fourth-order valence-corrected chi connectivity index (χ4v) is 6.66. The molecule has 0 bridgehead atoms. The Hall–Kier alpha value is -2.18. The van der Waals surface area contributed by atoms with Gasteiger partial charge in [-0.1, -0.05) is 22.9 Å². The Balaban J connectivity index is 1.65. The van der Waals surface area contributed by atoms with Crippen molar-refractivity contribution in [3.8, 4) is 0 Å². The van der Waals surface area contributed by atoms with Crippen molar-refractivity contribution in [2.75, 3.05) is 26.8 Å². The number of benzene rings is 2. The van der Waals surface area contributed by atoms with Crippen LogP contribution in [0.4, 0.5) is 8.78 Å². The average Bonchev–Trinajstić information content (AvgIpc) is 3.14. The number of aromatic nitrogens is 1. The molecule has 0 aliphatic carbocycles. The molecule has 34 heavy (non-hydrogen) atoms. The van der Waals surface area contributed by atoms with Crippen molar-refractivity contribution in [3.63, 3.8) is 0 Å². The molecule has 0 saturated carbocycles. The highest BCUT2D eigenvalue weighted by Crippen LogP contribution is 2.26. The Labute approximate surface area is 204 Å². The number of ether oxygens (including phenoxy) is 1. The number of carbonyl (C=O) groups is 1. The zero-order valence-corrected chi connectivity index (χ0v) is 20.6. The zero-order chi connectivity index (χ0) is 24.5. The first-order valence-corrected chi connectivity index (χ1v) is 13.2. The molecule has 1 fully saturated rings. The van der Waals surface area contributed by atoms with Crippen LogP contribution in [0, 0.1) is 17.6 Å². The van der Waals surface area contributed by atoms with Crippen molar-refractivity contribution in [2.24, 2.45) is 10.9 Å². The van der Waals surface area contributed by atoms with E-state index >= 15 is 0 Å². The Bertz CT molecular complexity index is 1390. The number of thiazole rings is 1. The van der Waals surface area contributed by atoms with Gasteiger partial charge in [-0.05, 0) is 43.2 Å². The van der Waals surface area contributed by atoms with Crippen LogP contribution in [-0.2, 0) is 26.1 Å². The van der Waals surface area contributed by atoms with Gasteiger partial charge in [0.2, 0.25) is 10.0 Å². The SMILES string of the molecule is COCCn1c(=NC(=O)C2CCCN(S(=O)(=O)c3ccc(Cl)cc3)C2)sc2cc(F)cc(F)c21. The normalized spacial score (nSPS) is 18.0. The van der Waals surface area contributed by atoms with Crippen LogP contribution in [0.2, 0.25) is 5.02 Å². The molecule has 3 aromatic rings. The van der Waals surface area contributed by atoms with Gasteiger partial charge in [0.25, 0.3) is 5.91 Å². The van der Waals surface area contributed by atoms with Gasteiger partial charge in [-0.25, -0.2) is 17.2 Å². The molecule has 2 heterocycles. The van der Waals surface area contributed by atoms with Crippen molar-refractivity contribution >= 4 is 49.1 Å². The third-order valence-electron chi connectivity index (χ3n) is 5.60. The molecule has 1 amide bonds. The summed E-state index contributed by atoms with van der Waals surface area (Å²) in [6.45, 7) is 0.725. The van der Waals surface area contributed by atoms with Crippen molar-refractivity contribution in [1.29, 1.82) is 0 Å². The third-order valence-corrected chi connectivity index (χ3v) is 8.76. The number of fused-ring (bicyclic) bond motifs is 1.